The van der Waals surface area contributed by atoms with Gasteiger partial charge in [-0.15, -0.1) is 0 Å². The lowest BCUT2D eigenvalue weighted by atomic mass is 9.81. The zero-order valence-corrected chi connectivity index (χ0v) is 23.5. The van der Waals surface area contributed by atoms with Gasteiger partial charge in [-0.05, 0) is 73.7 Å². The summed E-state index contributed by atoms with van der Waals surface area (Å²) in [7, 11) is 0. The van der Waals surface area contributed by atoms with E-state index in [1.807, 2.05) is 0 Å². The molecular weight excluding hydrogens is 608 g/mol. The van der Waals surface area contributed by atoms with Gasteiger partial charge in [0.25, 0.3) is 5.91 Å². The van der Waals surface area contributed by atoms with E-state index in [1.165, 1.54) is 31.2 Å². The van der Waals surface area contributed by atoms with E-state index in [0.29, 0.717) is 10.2 Å². The monoisotopic (exact) mass is 633 g/mol. The molecule has 236 valence electrons. The summed E-state index contributed by atoms with van der Waals surface area (Å²) in [6.45, 7) is -3.32. The van der Waals surface area contributed by atoms with Crippen LogP contribution in [0, 0.1) is 5.82 Å². The second kappa shape index (κ2) is 10.5. The minimum Gasteiger partial charge on any atom is -0.489 e. The second-order valence-electron chi connectivity index (χ2n) is 11.4. The van der Waals surface area contributed by atoms with Gasteiger partial charge in [-0.2, -0.15) is 27.1 Å². The van der Waals surface area contributed by atoms with Gasteiger partial charge < -0.3 is 20.9 Å². The van der Waals surface area contributed by atoms with Crippen molar-refractivity contribution in [3.63, 3.8) is 0 Å². The molecule has 2 atom stereocenters. The fourth-order valence-electron chi connectivity index (χ4n) is 5.37. The molecule has 3 heterocycles. The predicted molar refractivity (Wildman–Crippen MR) is 147 cm³/mol. The molecule has 0 spiro atoms. The van der Waals surface area contributed by atoms with Gasteiger partial charge in [0.15, 0.2) is 0 Å². The summed E-state index contributed by atoms with van der Waals surface area (Å²) in [6.07, 6.45) is -2.92. The lowest BCUT2D eigenvalue weighted by Gasteiger charge is -2.31. The normalized spacial score (nSPS) is 19.3. The first-order valence-corrected chi connectivity index (χ1v) is 13.8. The fourth-order valence-corrected chi connectivity index (χ4v) is 5.37. The third kappa shape index (κ3) is 5.14. The number of nitrogens with one attached hydrogen (secondary N) is 1. The number of nitrogens with two attached hydrogens (primary N) is 1. The Labute approximate surface area is 251 Å². The lowest BCUT2D eigenvalue weighted by molar-refractivity contribution is -0.265. The van der Waals surface area contributed by atoms with Crippen molar-refractivity contribution in [2.24, 2.45) is 5.73 Å². The number of fused-ring (bicyclic) bond motifs is 2. The highest BCUT2D eigenvalue weighted by Gasteiger charge is 2.57. The maximum atomic E-state index is 14.7. The molecular formula is C30H25F6N5O4. The average Bonchev–Trinajstić information content (AvgIpc) is 3.64. The number of aromatic nitrogens is 3. The summed E-state index contributed by atoms with van der Waals surface area (Å²) >= 11 is 0. The lowest BCUT2D eigenvalue weighted by Crippen LogP contribution is -2.51. The van der Waals surface area contributed by atoms with Crippen molar-refractivity contribution in [2.45, 2.75) is 49.4 Å². The Morgan fingerprint density at radius 1 is 1.18 bits per heavy atom. The smallest absolute Gasteiger partial charge is 0.424 e. The molecule has 2 aromatic carbocycles. The number of hydrogen-bond acceptors (Lipinski definition) is 6. The van der Waals surface area contributed by atoms with Gasteiger partial charge in [-0.25, -0.2) is 14.1 Å². The van der Waals surface area contributed by atoms with Gasteiger partial charge >= 0.3 is 12.7 Å². The number of hydrogen-bond donors (Lipinski definition) is 3. The van der Waals surface area contributed by atoms with Crippen LogP contribution in [0.2, 0.25) is 0 Å². The number of carbonyl (C=O) groups is 2. The first kappa shape index (κ1) is 30.4. The standard InChI is InChI=1S/C30H25F6N5O4/c1-28(26(37)43)13-45-24-20(28)10-21(39-23(24)15-4-6-18(31)7-5-15)29(44,30(34,35)36)12-38-25(42)16-8-17-11-41(27(32)33)40-22(17)19(9-16)14-2-3-14/h4-11,14,27,44H,2-3,12-13H2,1H3,(H2,37,43)(H,38,42)/t28-,29?/m0/s1. The highest BCUT2D eigenvalue weighted by Crippen LogP contribution is 2.48. The van der Waals surface area contributed by atoms with Crippen molar-refractivity contribution in [1.82, 2.24) is 20.1 Å². The van der Waals surface area contributed by atoms with Crippen LogP contribution in [0.4, 0.5) is 26.3 Å². The Balaban J connectivity index is 1.40. The molecule has 2 aliphatic rings. The van der Waals surface area contributed by atoms with E-state index in [-0.39, 0.29) is 51.6 Å². The molecule has 1 unspecified atom stereocenters. The molecule has 1 aliphatic carbocycles. The van der Waals surface area contributed by atoms with Crippen molar-refractivity contribution in [2.75, 3.05) is 13.2 Å². The van der Waals surface area contributed by atoms with Gasteiger partial charge in [0.2, 0.25) is 11.5 Å². The Bertz CT molecular complexity index is 1840. The van der Waals surface area contributed by atoms with Gasteiger partial charge in [0, 0.05) is 28.3 Å². The first-order valence-electron chi connectivity index (χ1n) is 13.8. The Hall–Kier alpha value is -4.66. The Kier molecular flexibility index (Phi) is 7.06. The quantitative estimate of drug-likeness (QED) is 0.239. The predicted octanol–water partition coefficient (Wildman–Crippen LogP) is 4.83. The number of nitrogens with zero attached hydrogens (tertiary/aromatic N) is 3. The van der Waals surface area contributed by atoms with Gasteiger partial charge in [-0.1, -0.05) is 0 Å². The molecule has 6 rings (SSSR count). The molecule has 15 heteroatoms. The summed E-state index contributed by atoms with van der Waals surface area (Å²) in [5.41, 5.74) is -0.300. The van der Waals surface area contributed by atoms with Crippen molar-refractivity contribution in [3.8, 4) is 17.0 Å². The molecule has 4 N–H and O–H groups in total. The zero-order valence-electron chi connectivity index (χ0n) is 23.5. The highest BCUT2D eigenvalue weighted by molar-refractivity contribution is 5.99. The number of primary amides is 1. The summed E-state index contributed by atoms with van der Waals surface area (Å²) in [4.78, 5) is 29.7. The molecule has 0 saturated heterocycles. The van der Waals surface area contributed by atoms with Gasteiger partial charge in [-0.3, -0.25) is 9.59 Å². The first-order chi connectivity index (χ1) is 21.1. The van der Waals surface area contributed by atoms with E-state index in [2.05, 4.69) is 15.4 Å². The van der Waals surface area contributed by atoms with E-state index in [0.717, 1.165) is 37.2 Å². The van der Waals surface area contributed by atoms with Crippen LogP contribution in [0.5, 0.6) is 5.75 Å². The number of ether oxygens (including phenoxy) is 1. The Morgan fingerprint density at radius 3 is 2.47 bits per heavy atom. The van der Waals surface area contributed by atoms with Crippen LogP contribution >= 0.6 is 0 Å². The molecule has 2 aromatic heterocycles. The van der Waals surface area contributed by atoms with E-state index in [1.54, 1.807) is 0 Å². The largest absolute Gasteiger partial charge is 0.489 e. The van der Waals surface area contributed by atoms with E-state index < -0.39 is 53.6 Å². The molecule has 9 nitrogen and oxygen atoms in total. The molecule has 1 fully saturated rings. The summed E-state index contributed by atoms with van der Waals surface area (Å²) in [5, 5.41) is 17.4. The van der Waals surface area contributed by atoms with Gasteiger partial charge in [0.05, 0.1) is 17.8 Å². The molecule has 4 aromatic rings. The molecule has 2 amide bonds. The molecule has 0 bridgehead atoms. The third-order valence-electron chi connectivity index (χ3n) is 8.27. The minimum atomic E-state index is -5.41. The van der Waals surface area contributed by atoms with E-state index in [4.69, 9.17) is 10.5 Å². The van der Waals surface area contributed by atoms with Crippen molar-refractivity contribution < 1.29 is 45.8 Å². The molecule has 45 heavy (non-hydrogen) atoms. The van der Waals surface area contributed by atoms with Crippen LogP contribution in [0.25, 0.3) is 22.2 Å². The number of rotatable bonds is 8. The second-order valence-corrected chi connectivity index (χ2v) is 11.4. The van der Waals surface area contributed by atoms with Crippen molar-refractivity contribution in [1.29, 1.82) is 0 Å². The van der Waals surface area contributed by atoms with Crippen LogP contribution in [0.15, 0.2) is 48.7 Å². The number of pyridine rings is 1. The van der Waals surface area contributed by atoms with Crippen LogP contribution in [0.3, 0.4) is 0 Å². The third-order valence-corrected chi connectivity index (χ3v) is 8.27. The summed E-state index contributed by atoms with van der Waals surface area (Å²) in [6, 6.07) is 8.05. The molecule has 0 radical (unpaired) electrons. The number of halogens is 6. The van der Waals surface area contributed by atoms with Crippen LogP contribution in [-0.4, -0.2) is 51.0 Å². The maximum Gasteiger partial charge on any atom is 0.424 e. The van der Waals surface area contributed by atoms with Crippen molar-refractivity contribution in [3.05, 3.63) is 76.9 Å². The topological polar surface area (TPSA) is 132 Å². The SMILES string of the molecule is C[C@]1(C(N)=O)COc2c1cc(C(O)(CNC(=O)c1cc(C3CC3)c3nn(C(F)F)cc3c1)C(F)(F)F)nc2-c1ccc(F)cc1. The molecule has 1 aliphatic heterocycles. The number of carbonyl (C=O) groups excluding carboxylic acids is 2. The minimum absolute atomic E-state index is 0.0457. The van der Waals surface area contributed by atoms with Crippen LogP contribution in [0.1, 0.15) is 59.4 Å². The number of amides is 2. The average molecular weight is 634 g/mol. The van der Waals surface area contributed by atoms with Crippen LogP contribution < -0.4 is 15.8 Å². The van der Waals surface area contributed by atoms with Crippen molar-refractivity contribution >= 4 is 22.7 Å². The maximum absolute atomic E-state index is 14.7. The number of benzene rings is 2. The van der Waals surface area contributed by atoms with Gasteiger partial charge in [0.1, 0.15) is 29.3 Å². The van der Waals surface area contributed by atoms with Crippen LogP contribution in [-0.2, 0) is 15.8 Å². The summed E-state index contributed by atoms with van der Waals surface area (Å²) in [5.74, 6) is -2.67. The zero-order chi connectivity index (χ0) is 32.5. The van der Waals surface area contributed by atoms with E-state index >= 15 is 0 Å². The van der Waals surface area contributed by atoms with E-state index in [9.17, 15) is 41.0 Å². The Morgan fingerprint density at radius 2 is 1.87 bits per heavy atom. The number of aliphatic hydroxyl groups is 1. The fraction of sp³-hybridized carbons (Fsp3) is 0.333. The number of alkyl halides is 5. The molecule has 1 saturated carbocycles. The summed E-state index contributed by atoms with van der Waals surface area (Å²) < 4.78 is 90.4. The highest BCUT2D eigenvalue weighted by atomic mass is 19.4.